The van der Waals surface area contributed by atoms with E-state index >= 15 is 0 Å². The highest BCUT2D eigenvalue weighted by atomic mass is 16.3. The van der Waals surface area contributed by atoms with Gasteiger partial charge in [0.1, 0.15) is 6.04 Å². The maximum Gasteiger partial charge on any atom is 0.241 e. The van der Waals surface area contributed by atoms with Crippen molar-refractivity contribution < 1.29 is 9.90 Å². The Kier molecular flexibility index (Phi) is 4.12. The zero-order valence-electron chi connectivity index (χ0n) is 9.78. The average Bonchev–Trinajstić information content (AvgIpc) is 2.38. The highest BCUT2D eigenvalue weighted by molar-refractivity contribution is 5.83. The largest absolute Gasteiger partial charge is 0.396 e. The fraction of sp³-hybridized carbons (Fsp3) is 0.462. The third-order valence-corrected chi connectivity index (χ3v) is 3.01. The first-order valence-corrected chi connectivity index (χ1v) is 6.02. The van der Waals surface area contributed by atoms with E-state index in [9.17, 15) is 4.79 Å². The van der Waals surface area contributed by atoms with Gasteiger partial charge in [-0.25, -0.2) is 0 Å². The molecule has 0 fully saturated rings. The molecule has 1 atom stereocenters. The number of carbonyl (C=O) groups excluding carboxylic acids is 1. The van der Waals surface area contributed by atoms with Crippen molar-refractivity contribution in [2.75, 3.05) is 19.7 Å². The second-order valence-corrected chi connectivity index (χ2v) is 4.20. The summed E-state index contributed by atoms with van der Waals surface area (Å²) in [7, 11) is 0. The lowest BCUT2D eigenvalue weighted by molar-refractivity contribution is -0.123. The Balaban J connectivity index is 2.05. The molecule has 1 aromatic carbocycles. The quantitative estimate of drug-likeness (QED) is 0.660. The third kappa shape index (κ3) is 2.84. The Hall–Kier alpha value is -1.39. The van der Waals surface area contributed by atoms with E-state index in [-0.39, 0.29) is 18.6 Å². The van der Waals surface area contributed by atoms with Gasteiger partial charge in [-0.05, 0) is 24.0 Å². The molecule has 92 valence electrons. The van der Waals surface area contributed by atoms with E-state index in [1.807, 2.05) is 18.2 Å². The Bertz CT molecular complexity index is 393. The van der Waals surface area contributed by atoms with Crippen LogP contribution in [0, 0.1) is 0 Å². The Morgan fingerprint density at radius 1 is 1.47 bits per heavy atom. The first-order chi connectivity index (χ1) is 8.33. The topological polar surface area (TPSA) is 61.4 Å². The lowest BCUT2D eigenvalue weighted by Gasteiger charge is -2.25. The van der Waals surface area contributed by atoms with Gasteiger partial charge in [0.15, 0.2) is 0 Å². The number of carbonyl (C=O) groups is 1. The van der Waals surface area contributed by atoms with Gasteiger partial charge in [0, 0.05) is 19.7 Å². The van der Waals surface area contributed by atoms with Crippen LogP contribution in [0.1, 0.15) is 23.6 Å². The minimum atomic E-state index is -0.251. The summed E-state index contributed by atoms with van der Waals surface area (Å²) >= 11 is 0. The summed E-state index contributed by atoms with van der Waals surface area (Å²) in [6, 6.07) is 7.78. The van der Waals surface area contributed by atoms with Crippen LogP contribution in [0.2, 0.25) is 0 Å². The van der Waals surface area contributed by atoms with Crippen molar-refractivity contribution in [3.63, 3.8) is 0 Å². The maximum absolute atomic E-state index is 12.0. The number of hydrogen-bond donors (Lipinski definition) is 3. The molecule has 0 bridgehead atoms. The average molecular weight is 234 g/mol. The molecule has 3 N–H and O–H groups in total. The molecule has 0 aromatic heterocycles. The van der Waals surface area contributed by atoms with Crippen molar-refractivity contribution in [2.24, 2.45) is 0 Å². The summed E-state index contributed by atoms with van der Waals surface area (Å²) in [5.74, 6) is -0.00870. The Labute approximate surface area is 101 Å². The highest BCUT2D eigenvalue weighted by Gasteiger charge is 2.24. The zero-order valence-corrected chi connectivity index (χ0v) is 9.78. The van der Waals surface area contributed by atoms with Crippen molar-refractivity contribution in [1.82, 2.24) is 10.6 Å². The molecule has 1 heterocycles. The number of rotatable bonds is 4. The number of nitrogens with one attached hydrogen (secondary N) is 2. The monoisotopic (exact) mass is 234 g/mol. The van der Waals surface area contributed by atoms with Gasteiger partial charge in [0.05, 0.1) is 0 Å². The predicted molar refractivity (Wildman–Crippen MR) is 65.6 cm³/mol. The van der Waals surface area contributed by atoms with Crippen LogP contribution in [-0.4, -0.2) is 30.7 Å². The molecule has 1 aliphatic heterocycles. The molecule has 1 aromatic rings. The maximum atomic E-state index is 12.0. The standard InChI is InChI=1S/C13H18N2O2/c16-9-3-7-15-13(17)12-11-5-2-1-4-10(11)6-8-14-12/h1-2,4-5,12,14,16H,3,6-9H2,(H,15,17). The number of amides is 1. The van der Waals surface area contributed by atoms with Crippen LogP contribution in [0.3, 0.4) is 0 Å². The fourth-order valence-corrected chi connectivity index (χ4v) is 2.13. The number of hydrogen-bond acceptors (Lipinski definition) is 3. The second kappa shape index (κ2) is 5.80. The fourth-order valence-electron chi connectivity index (χ4n) is 2.13. The van der Waals surface area contributed by atoms with Crippen LogP contribution < -0.4 is 10.6 Å². The molecule has 1 amide bonds. The first-order valence-electron chi connectivity index (χ1n) is 6.02. The molecule has 0 saturated carbocycles. The number of aliphatic hydroxyl groups is 1. The molecule has 4 heteroatoms. The summed E-state index contributed by atoms with van der Waals surface area (Å²) < 4.78 is 0. The smallest absolute Gasteiger partial charge is 0.241 e. The summed E-state index contributed by atoms with van der Waals surface area (Å²) in [5.41, 5.74) is 2.31. The van der Waals surface area contributed by atoms with E-state index < -0.39 is 0 Å². The lowest BCUT2D eigenvalue weighted by atomic mass is 9.94. The summed E-state index contributed by atoms with van der Waals surface area (Å²) in [6.45, 7) is 1.46. The van der Waals surface area contributed by atoms with Gasteiger partial charge >= 0.3 is 0 Å². The minimum absolute atomic E-state index is 0.00870. The molecule has 0 saturated heterocycles. The van der Waals surface area contributed by atoms with Crippen LogP contribution in [0.25, 0.3) is 0 Å². The molecule has 0 spiro atoms. The van der Waals surface area contributed by atoms with Crippen molar-refractivity contribution in [3.05, 3.63) is 35.4 Å². The summed E-state index contributed by atoms with van der Waals surface area (Å²) in [6.07, 6.45) is 1.57. The molecular weight excluding hydrogens is 216 g/mol. The van der Waals surface area contributed by atoms with Gasteiger partial charge < -0.3 is 15.7 Å². The van der Waals surface area contributed by atoms with Gasteiger partial charge in [-0.3, -0.25) is 4.79 Å². The molecule has 4 nitrogen and oxygen atoms in total. The van der Waals surface area contributed by atoms with E-state index in [4.69, 9.17) is 5.11 Å². The van der Waals surface area contributed by atoms with E-state index in [0.29, 0.717) is 13.0 Å². The normalized spacial score (nSPS) is 18.5. The zero-order chi connectivity index (χ0) is 12.1. The van der Waals surface area contributed by atoms with E-state index in [2.05, 4.69) is 16.7 Å². The van der Waals surface area contributed by atoms with Gasteiger partial charge in [0.25, 0.3) is 0 Å². The molecular formula is C13H18N2O2. The molecule has 1 unspecified atom stereocenters. The van der Waals surface area contributed by atoms with Gasteiger partial charge in [0.2, 0.25) is 5.91 Å². The summed E-state index contributed by atoms with van der Waals surface area (Å²) in [5, 5.41) is 14.7. The SMILES string of the molecule is O=C(NCCCO)C1NCCc2ccccc21. The van der Waals surface area contributed by atoms with E-state index in [1.54, 1.807) is 0 Å². The van der Waals surface area contributed by atoms with Crippen molar-refractivity contribution in [1.29, 1.82) is 0 Å². The lowest BCUT2D eigenvalue weighted by Crippen LogP contribution is -2.41. The second-order valence-electron chi connectivity index (χ2n) is 4.20. The van der Waals surface area contributed by atoms with Crippen LogP contribution in [-0.2, 0) is 11.2 Å². The van der Waals surface area contributed by atoms with Crippen LogP contribution in [0.5, 0.6) is 0 Å². The molecule has 1 aliphatic rings. The van der Waals surface area contributed by atoms with Gasteiger partial charge in [-0.15, -0.1) is 0 Å². The minimum Gasteiger partial charge on any atom is -0.396 e. The van der Waals surface area contributed by atoms with Crippen molar-refractivity contribution in [2.45, 2.75) is 18.9 Å². The van der Waals surface area contributed by atoms with Gasteiger partial charge in [-0.2, -0.15) is 0 Å². The first kappa shape index (κ1) is 12.1. The number of fused-ring (bicyclic) bond motifs is 1. The van der Waals surface area contributed by atoms with Crippen LogP contribution in [0.15, 0.2) is 24.3 Å². The molecule has 2 rings (SSSR count). The number of benzene rings is 1. The van der Waals surface area contributed by atoms with Crippen LogP contribution >= 0.6 is 0 Å². The van der Waals surface area contributed by atoms with Gasteiger partial charge in [-0.1, -0.05) is 24.3 Å². The predicted octanol–water partition coefficient (Wildman–Crippen LogP) is 0.372. The van der Waals surface area contributed by atoms with Crippen LogP contribution in [0.4, 0.5) is 0 Å². The Morgan fingerprint density at radius 2 is 2.29 bits per heavy atom. The molecule has 17 heavy (non-hydrogen) atoms. The number of aliphatic hydroxyl groups excluding tert-OH is 1. The highest BCUT2D eigenvalue weighted by Crippen LogP contribution is 2.22. The van der Waals surface area contributed by atoms with Crippen molar-refractivity contribution in [3.8, 4) is 0 Å². The Morgan fingerprint density at radius 3 is 3.12 bits per heavy atom. The van der Waals surface area contributed by atoms with E-state index in [1.165, 1.54) is 5.56 Å². The van der Waals surface area contributed by atoms with Crippen molar-refractivity contribution >= 4 is 5.91 Å². The summed E-state index contributed by atoms with van der Waals surface area (Å²) in [4.78, 5) is 12.0. The van der Waals surface area contributed by atoms with E-state index in [0.717, 1.165) is 18.5 Å². The third-order valence-electron chi connectivity index (χ3n) is 3.01. The molecule has 0 radical (unpaired) electrons. The molecule has 0 aliphatic carbocycles.